The second-order valence-electron chi connectivity index (χ2n) is 2.94. The van der Waals surface area contributed by atoms with E-state index in [9.17, 15) is 22.0 Å². The van der Waals surface area contributed by atoms with Crippen molar-refractivity contribution in [2.45, 2.75) is 12.3 Å². The maximum absolute atomic E-state index is 12.9. The molecule has 0 fully saturated rings. The van der Waals surface area contributed by atoms with Crippen molar-refractivity contribution in [2.24, 2.45) is 5.73 Å². The Morgan fingerprint density at radius 2 is 1.87 bits per heavy atom. The normalized spacial score (nSPS) is 14.0. The van der Waals surface area contributed by atoms with Gasteiger partial charge in [0.05, 0.1) is 5.56 Å². The molecule has 6 heteroatoms. The van der Waals surface area contributed by atoms with Crippen molar-refractivity contribution in [3.63, 3.8) is 0 Å². The molecule has 0 aliphatic heterocycles. The second-order valence-corrected chi connectivity index (χ2v) is 2.94. The van der Waals surface area contributed by atoms with Gasteiger partial charge in [0.2, 0.25) is 0 Å². The zero-order valence-electron chi connectivity index (χ0n) is 7.48. The third-order valence-electron chi connectivity index (χ3n) is 1.86. The quantitative estimate of drug-likeness (QED) is 0.769. The molecule has 0 bridgehead atoms. The fourth-order valence-electron chi connectivity index (χ4n) is 1.09. The van der Waals surface area contributed by atoms with Gasteiger partial charge in [0, 0.05) is 6.54 Å². The summed E-state index contributed by atoms with van der Waals surface area (Å²) in [5, 5.41) is 0. The van der Waals surface area contributed by atoms with Gasteiger partial charge in [-0.3, -0.25) is 0 Å². The number of hydrogen-bond acceptors (Lipinski definition) is 1. The molecule has 0 aliphatic rings. The smallest absolute Gasteiger partial charge is 0.327 e. The second kappa shape index (κ2) is 4.14. The van der Waals surface area contributed by atoms with Gasteiger partial charge in [0.25, 0.3) is 0 Å². The van der Waals surface area contributed by atoms with E-state index in [4.69, 9.17) is 5.73 Å². The third kappa shape index (κ3) is 2.65. The van der Waals surface area contributed by atoms with E-state index in [1.165, 1.54) is 0 Å². The molecule has 1 aromatic rings. The number of hydrogen-bond donors (Lipinski definition) is 1. The zero-order chi connectivity index (χ0) is 11.6. The van der Waals surface area contributed by atoms with E-state index in [-0.39, 0.29) is 5.56 Å². The summed E-state index contributed by atoms with van der Waals surface area (Å²) in [6.07, 6.45) is -6.54. The molecule has 1 rings (SSSR count). The van der Waals surface area contributed by atoms with Gasteiger partial charge in [0.1, 0.15) is 12.0 Å². The molecule has 1 nitrogen and oxygen atoms in total. The number of benzene rings is 1. The van der Waals surface area contributed by atoms with Crippen molar-refractivity contribution in [3.8, 4) is 0 Å². The number of nitrogens with two attached hydrogens (primary N) is 1. The highest BCUT2D eigenvalue weighted by atomic mass is 19.4. The van der Waals surface area contributed by atoms with Crippen LogP contribution in [0.5, 0.6) is 0 Å². The Hall–Kier alpha value is -1.17. The molecule has 2 N–H and O–H groups in total. The van der Waals surface area contributed by atoms with Crippen LogP contribution in [-0.2, 0) is 6.18 Å². The standard InChI is InChI=1S/C9H8F5N/c10-7-2-1-5(8(11)4-15)3-6(7)9(12,13)14/h1-3,8H,4,15H2. The summed E-state index contributed by atoms with van der Waals surface area (Å²) in [6, 6.07) is 1.97. The van der Waals surface area contributed by atoms with Crippen LogP contribution < -0.4 is 5.73 Å². The van der Waals surface area contributed by atoms with Crippen molar-refractivity contribution in [1.29, 1.82) is 0 Å². The van der Waals surface area contributed by atoms with E-state index in [0.29, 0.717) is 12.1 Å². The lowest BCUT2D eigenvalue weighted by molar-refractivity contribution is -0.140. The van der Waals surface area contributed by atoms with E-state index in [1.807, 2.05) is 0 Å². The number of halogens is 5. The monoisotopic (exact) mass is 225 g/mol. The van der Waals surface area contributed by atoms with Crippen molar-refractivity contribution in [1.82, 2.24) is 0 Å². The first kappa shape index (κ1) is 11.9. The van der Waals surface area contributed by atoms with Crippen molar-refractivity contribution in [3.05, 3.63) is 35.1 Å². The van der Waals surface area contributed by atoms with Crippen molar-refractivity contribution >= 4 is 0 Å². The molecule has 0 heterocycles. The maximum atomic E-state index is 12.9. The summed E-state index contributed by atoms with van der Waals surface area (Å²) in [5.74, 6) is -1.42. The average Bonchev–Trinajstić information content (AvgIpc) is 2.15. The summed E-state index contributed by atoms with van der Waals surface area (Å²) in [5.41, 5.74) is 3.20. The Bertz CT molecular complexity index is 347. The van der Waals surface area contributed by atoms with Crippen LogP contribution in [0.1, 0.15) is 17.3 Å². The molecule has 0 aromatic heterocycles. The highest BCUT2D eigenvalue weighted by molar-refractivity contribution is 5.28. The first-order valence-electron chi connectivity index (χ1n) is 4.07. The fraction of sp³-hybridized carbons (Fsp3) is 0.333. The van der Waals surface area contributed by atoms with Gasteiger partial charge in [0.15, 0.2) is 0 Å². The topological polar surface area (TPSA) is 26.0 Å². The summed E-state index contributed by atoms with van der Waals surface area (Å²) in [7, 11) is 0. The van der Waals surface area contributed by atoms with Gasteiger partial charge in [-0.15, -0.1) is 0 Å². The van der Waals surface area contributed by atoms with Gasteiger partial charge < -0.3 is 5.73 Å². The van der Waals surface area contributed by atoms with Crippen LogP contribution in [0.3, 0.4) is 0 Å². The molecule has 1 atom stereocenters. The molecule has 0 radical (unpaired) electrons. The van der Waals surface area contributed by atoms with Crippen LogP contribution in [0.2, 0.25) is 0 Å². The van der Waals surface area contributed by atoms with Crippen molar-refractivity contribution < 1.29 is 22.0 Å². The molecule has 84 valence electrons. The first-order chi connectivity index (χ1) is 6.86. The van der Waals surface area contributed by atoms with E-state index < -0.39 is 30.3 Å². The van der Waals surface area contributed by atoms with E-state index in [2.05, 4.69) is 0 Å². The Labute approximate surface area is 82.7 Å². The average molecular weight is 225 g/mol. The number of alkyl halides is 4. The molecule has 1 unspecified atom stereocenters. The number of rotatable bonds is 2. The fourth-order valence-corrected chi connectivity index (χ4v) is 1.09. The minimum Gasteiger partial charge on any atom is -0.327 e. The lowest BCUT2D eigenvalue weighted by Crippen LogP contribution is -2.12. The predicted octanol–water partition coefficient (Wildman–Crippen LogP) is 2.81. The molecular formula is C9H8F5N. The summed E-state index contributed by atoms with van der Waals surface area (Å²) >= 11 is 0. The van der Waals surface area contributed by atoms with Gasteiger partial charge in [-0.25, -0.2) is 8.78 Å². The SMILES string of the molecule is NCC(F)c1ccc(F)c(C(F)(F)F)c1. The van der Waals surface area contributed by atoms with E-state index in [1.54, 1.807) is 0 Å². The van der Waals surface area contributed by atoms with E-state index in [0.717, 1.165) is 6.07 Å². The molecule has 1 aromatic carbocycles. The minimum atomic E-state index is -4.82. The van der Waals surface area contributed by atoms with Crippen LogP contribution in [0.15, 0.2) is 18.2 Å². The van der Waals surface area contributed by atoms with Crippen LogP contribution >= 0.6 is 0 Å². The molecule has 0 aliphatic carbocycles. The zero-order valence-corrected chi connectivity index (χ0v) is 7.48. The van der Waals surface area contributed by atoms with Crippen LogP contribution in [0.4, 0.5) is 22.0 Å². The first-order valence-corrected chi connectivity index (χ1v) is 4.07. The van der Waals surface area contributed by atoms with Gasteiger partial charge in [-0.05, 0) is 17.7 Å². The van der Waals surface area contributed by atoms with Crippen molar-refractivity contribution in [2.75, 3.05) is 6.54 Å². The Balaban J connectivity index is 3.17. The Kier molecular flexibility index (Phi) is 3.28. The summed E-state index contributed by atoms with van der Waals surface area (Å²) in [4.78, 5) is 0. The molecule has 0 saturated carbocycles. The molecular weight excluding hydrogens is 217 g/mol. The lowest BCUT2D eigenvalue weighted by Gasteiger charge is -2.11. The summed E-state index contributed by atoms with van der Waals surface area (Å²) < 4.78 is 62.3. The van der Waals surface area contributed by atoms with Crippen LogP contribution in [0.25, 0.3) is 0 Å². The Morgan fingerprint density at radius 3 is 2.33 bits per heavy atom. The lowest BCUT2D eigenvalue weighted by atomic mass is 10.1. The van der Waals surface area contributed by atoms with Crippen LogP contribution in [0, 0.1) is 5.82 Å². The molecule has 0 spiro atoms. The maximum Gasteiger partial charge on any atom is 0.419 e. The Morgan fingerprint density at radius 1 is 1.27 bits per heavy atom. The third-order valence-corrected chi connectivity index (χ3v) is 1.86. The highest BCUT2D eigenvalue weighted by Crippen LogP contribution is 2.33. The predicted molar refractivity (Wildman–Crippen MR) is 44.3 cm³/mol. The highest BCUT2D eigenvalue weighted by Gasteiger charge is 2.34. The summed E-state index contributed by atoms with van der Waals surface area (Å²) in [6.45, 7) is -0.442. The minimum absolute atomic E-state index is 0.272. The largest absolute Gasteiger partial charge is 0.419 e. The molecule has 0 amide bonds. The molecule has 0 saturated heterocycles. The van der Waals surface area contributed by atoms with Gasteiger partial charge in [-0.2, -0.15) is 13.2 Å². The van der Waals surface area contributed by atoms with E-state index >= 15 is 0 Å². The van der Waals surface area contributed by atoms with Gasteiger partial charge in [-0.1, -0.05) is 6.07 Å². The van der Waals surface area contributed by atoms with Gasteiger partial charge >= 0.3 is 6.18 Å². The van der Waals surface area contributed by atoms with Crippen LogP contribution in [-0.4, -0.2) is 6.54 Å². The molecule has 15 heavy (non-hydrogen) atoms.